The SMILES string of the molecule is CCO[Si](CCCn1ccsn(S)[nH]1)(OCC)OCC. The van der Waals surface area contributed by atoms with Gasteiger partial charge < -0.3 is 13.3 Å². The van der Waals surface area contributed by atoms with Gasteiger partial charge >= 0.3 is 8.80 Å². The van der Waals surface area contributed by atoms with Gasteiger partial charge in [0.05, 0.1) is 0 Å². The van der Waals surface area contributed by atoms with E-state index in [2.05, 4.69) is 18.0 Å². The van der Waals surface area contributed by atoms with Crippen molar-refractivity contribution >= 4 is 33.2 Å². The molecule has 0 aliphatic heterocycles. The topological polar surface area (TPSA) is 53.3 Å². The molecule has 20 heavy (non-hydrogen) atoms. The van der Waals surface area contributed by atoms with Crippen molar-refractivity contribution in [1.29, 1.82) is 0 Å². The van der Waals surface area contributed by atoms with Crippen LogP contribution in [0.3, 0.4) is 0 Å². The lowest BCUT2D eigenvalue weighted by molar-refractivity contribution is 0.0704. The molecule has 0 unspecified atom stereocenters. The maximum atomic E-state index is 5.83. The van der Waals surface area contributed by atoms with Crippen LogP contribution in [-0.4, -0.2) is 42.0 Å². The van der Waals surface area contributed by atoms with Gasteiger partial charge in [0, 0.05) is 44.0 Å². The summed E-state index contributed by atoms with van der Waals surface area (Å²) in [7, 11) is -2.51. The highest BCUT2D eigenvalue weighted by Crippen LogP contribution is 2.18. The maximum absolute atomic E-state index is 5.83. The van der Waals surface area contributed by atoms with Crippen LogP contribution in [-0.2, 0) is 19.8 Å². The first kappa shape index (κ1) is 17.9. The van der Waals surface area contributed by atoms with Crippen molar-refractivity contribution in [2.24, 2.45) is 0 Å². The minimum absolute atomic E-state index is 0.620. The fourth-order valence-electron chi connectivity index (χ4n) is 1.92. The smallest absolute Gasteiger partial charge is 0.374 e. The van der Waals surface area contributed by atoms with E-state index in [1.807, 2.05) is 37.0 Å². The Morgan fingerprint density at radius 1 is 1.15 bits per heavy atom. The molecule has 0 aliphatic rings. The molecule has 0 aliphatic carbocycles. The summed E-state index contributed by atoms with van der Waals surface area (Å²) in [6, 6.07) is 0.814. The van der Waals surface area contributed by atoms with Gasteiger partial charge in [0.15, 0.2) is 0 Å². The summed E-state index contributed by atoms with van der Waals surface area (Å²) >= 11 is 5.71. The van der Waals surface area contributed by atoms with Crippen LogP contribution >= 0.6 is 24.3 Å². The van der Waals surface area contributed by atoms with E-state index < -0.39 is 8.80 Å². The second kappa shape index (κ2) is 9.69. The molecule has 118 valence electrons. The number of hydrogen-bond acceptors (Lipinski definition) is 5. The van der Waals surface area contributed by atoms with Crippen molar-refractivity contribution in [2.45, 2.75) is 39.8 Å². The van der Waals surface area contributed by atoms with E-state index in [1.54, 1.807) is 3.48 Å². The largest absolute Gasteiger partial charge is 0.500 e. The third kappa shape index (κ3) is 6.06. The van der Waals surface area contributed by atoms with E-state index in [4.69, 9.17) is 13.3 Å². The lowest BCUT2D eigenvalue weighted by Crippen LogP contribution is -2.46. The Morgan fingerprint density at radius 3 is 2.25 bits per heavy atom. The van der Waals surface area contributed by atoms with Crippen molar-refractivity contribution in [3.8, 4) is 0 Å². The molecule has 1 rings (SSSR count). The van der Waals surface area contributed by atoms with Crippen LogP contribution in [0.25, 0.3) is 0 Å². The average Bonchev–Trinajstić information content (AvgIpc) is 2.40. The van der Waals surface area contributed by atoms with Gasteiger partial charge in [0.25, 0.3) is 0 Å². The van der Waals surface area contributed by atoms with Crippen molar-refractivity contribution in [1.82, 2.24) is 13.4 Å². The highest BCUT2D eigenvalue weighted by molar-refractivity contribution is 7.80. The van der Waals surface area contributed by atoms with Gasteiger partial charge in [0.2, 0.25) is 0 Å². The molecule has 0 atom stereocenters. The molecule has 0 fully saturated rings. The lowest BCUT2D eigenvalue weighted by Gasteiger charge is -2.28. The van der Waals surface area contributed by atoms with Crippen molar-refractivity contribution in [3.05, 3.63) is 11.6 Å². The Balaban J connectivity index is 2.56. The highest BCUT2D eigenvalue weighted by atomic mass is 32.2. The van der Waals surface area contributed by atoms with Gasteiger partial charge in [-0.3, -0.25) is 4.68 Å². The molecule has 6 nitrogen and oxygen atoms in total. The normalized spacial score (nSPS) is 11.8. The molecule has 1 aromatic heterocycles. The average molecular weight is 340 g/mol. The van der Waals surface area contributed by atoms with Gasteiger partial charge in [-0.1, -0.05) is 0 Å². The number of aryl methyl sites for hydroxylation is 1. The number of thiol groups is 1. The van der Waals surface area contributed by atoms with E-state index in [9.17, 15) is 0 Å². The highest BCUT2D eigenvalue weighted by Gasteiger charge is 2.39. The van der Waals surface area contributed by atoms with E-state index in [1.165, 1.54) is 11.5 Å². The molecule has 0 bridgehead atoms. The summed E-state index contributed by atoms with van der Waals surface area (Å²) in [5.41, 5.74) is 0. The second-order valence-corrected chi connectivity index (χ2v) is 8.29. The molecule has 0 amide bonds. The number of nitrogens with zero attached hydrogens (tertiary/aromatic N) is 2. The number of hydrogen-bond donors (Lipinski definition) is 2. The summed E-state index contributed by atoms with van der Waals surface area (Å²) < 4.78 is 21.1. The summed E-state index contributed by atoms with van der Waals surface area (Å²) in [4.78, 5) is 0. The van der Waals surface area contributed by atoms with Crippen LogP contribution in [0.4, 0.5) is 0 Å². The second-order valence-electron chi connectivity index (χ2n) is 4.04. The first-order valence-electron chi connectivity index (χ1n) is 6.93. The number of rotatable bonds is 10. The maximum Gasteiger partial charge on any atom is 0.500 e. The minimum atomic E-state index is -2.51. The zero-order valence-electron chi connectivity index (χ0n) is 12.4. The van der Waals surface area contributed by atoms with Crippen LogP contribution in [0.1, 0.15) is 27.2 Å². The zero-order chi connectivity index (χ0) is 14.8. The van der Waals surface area contributed by atoms with Gasteiger partial charge in [-0.2, -0.15) is 3.48 Å². The molecule has 1 heterocycles. The molecule has 1 N–H and O–H groups in total. The number of aromatic nitrogens is 3. The van der Waals surface area contributed by atoms with Gasteiger partial charge in [-0.25, -0.2) is 5.21 Å². The Bertz CT molecular complexity index is 384. The third-order valence-corrected chi connectivity index (χ3v) is 6.64. The third-order valence-electron chi connectivity index (χ3n) is 2.59. The van der Waals surface area contributed by atoms with E-state index in [-0.39, 0.29) is 0 Å². The van der Waals surface area contributed by atoms with Crippen LogP contribution in [0.2, 0.25) is 6.04 Å². The van der Waals surface area contributed by atoms with Crippen molar-refractivity contribution < 1.29 is 13.3 Å². The molecule has 0 saturated heterocycles. The Kier molecular flexibility index (Phi) is 8.65. The van der Waals surface area contributed by atoms with E-state index >= 15 is 0 Å². The Morgan fingerprint density at radius 2 is 1.75 bits per heavy atom. The van der Waals surface area contributed by atoms with Crippen LogP contribution < -0.4 is 0 Å². The molecule has 0 spiro atoms. The summed E-state index contributed by atoms with van der Waals surface area (Å²) in [6.45, 7) is 8.63. The minimum Gasteiger partial charge on any atom is -0.374 e. The summed E-state index contributed by atoms with van der Waals surface area (Å²) in [5, 5.41) is 5.07. The molecule has 0 aromatic carbocycles. The van der Waals surface area contributed by atoms with Gasteiger partial charge in [-0.05, 0) is 51.5 Å². The van der Waals surface area contributed by atoms with Crippen LogP contribution in [0.5, 0.6) is 0 Å². The molecule has 0 saturated carbocycles. The Hall–Kier alpha value is -0.193. The summed E-state index contributed by atoms with van der Waals surface area (Å²) in [5.74, 6) is 0. The van der Waals surface area contributed by atoms with E-state index in [0.29, 0.717) is 19.8 Å². The predicted octanol–water partition coefficient (Wildman–Crippen LogP) is 2.94. The standard InChI is InChI=1S/C11H25N3O3S2Si/c1-4-15-20(16-5-2,17-6-3)11-7-8-13-9-10-19-14(18)12-13/h9-10,12,18H,4-8,11H2,1-3H3. The first-order chi connectivity index (χ1) is 9.65. The Labute approximate surface area is 131 Å². The predicted molar refractivity (Wildman–Crippen MR) is 86.7 cm³/mol. The van der Waals surface area contributed by atoms with Gasteiger partial charge in [0.1, 0.15) is 0 Å². The van der Waals surface area contributed by atoms with Crippen molar-refractivity contribution in [2.75, 3.05) is 19.8 Å². The zero-order valence-corrected chi connectivity index (χ0v) is 15.1. The van der Waals surface area contributed by atoms with Crippen molar-refractivity contribution in [3.63, 3.8) is 0 Å². The lowest BCUT2D eigenvalue weighted by atomic mass is 10.5. The van der Waals surface area contributed by atoms with Gasteiger partial charge in [-0.15, -0.1) is 0 Å². The molecule has 1 aromatic rings. The number of nitrogens with one attached hydrogen (secondary N) is 1. The molecule has 0 radical (unpaired) electrons. The molecule has 9 heteroatoms. The quantitative estimate of drug-likeness (QED) is 0.509. The van der Waals surface area contributed by atoms with E-state index in [0.717, 1.165) is 19.0 Å². The first-order valence-corrected chi connectivity index (χ1v) is 10.1. The van der Waals surface area contributed by atoms with Crippen LogP contribution in [0.15, 0.2) is 11.6 Å². The molecular weight excluding hydrogens is 314 g/mol. The molecular formula is C11H25N3O3S2Si. The number of H-pyrrole nitrogens is 1. The number of aromatic amines is 1. The monoisotopic (exact) mass is 339 g/mol. The fourth-order valence-corrected chi connectivity index (χ4v) is 5.26. The van der Waals surface area contributed by atoms with Crippen LogP contribution in [0, 0.1) is 0 Å². The summed E-state index contributed by atoms with van der Waals surface area (Å²) in [6.07, 6.45) is 2.92. The fraction of sp³-hybridized carbons (Fsp3) is 0.818.